The molecule has 8 heavy (non-hydrogen) atoms. The van der Waals surface area contributed by atoms with Gasteiger partial charge in [0.1, 0.15) is 5.84 Å². The number of nitrogens with zero attached hydrogens (tertiary/aromatic N) is 1. The van der Waals surface area contributed by atoms with Crippen molar-refractivity contribution in [2.45, 2.75) is 20.8 Å². The van der Waals surface area contributed by atoms with Gasteiger partial charge in [-0.3, -0.25) is 5.43 Å². The Labute approximate surface area is 49.3 Å². The molecule has 0 aromatic rings. The van der Waals surface area contributed by atoms with Crippen molar-refractivity contribution >= 4 is 5.84 Å². The van der Waals surface area contributed by atoms with Crippen LogP contribution >= 0.6 is 0 Å². The lowest BCUT2D eigenvalue weighted by Gasteiger charge is -1.87. The second-order valence-corrected chi connectivity index (χ2v) is 1.06. The van der Waals surface area contributed by atoms with Crippen molar-refractivity contribution in [3.8, 4) is 0 Å². The van der Waals surface area contributed by atoms with Gasteiger partial charge in [0.05, 0.1) is 0 Å². The molecule has 0 radical (unpaired) electrons. The summed E-state index contributed by atoms with van der Waals surface area (Å²) in [6.45, 7) is 5.85. The first-order chi connectivity index (χ1) is 3.89. The highest BCUT2D eigenvalue weighted by Gasteiger charge is 1.90. The fourth-order valence-electron chi connectivity index (χ4n) is 0.258. The molecule has 4 heteroatoms. The van der Waals surface area contributed by atoms with Crippen molar-refractivity contribution in [1.29, 1.82) is 0 Å². The molecule has 48 valence electrons. The van der Waals surface area contributed by atoms with Crippen LogP contribution in [0.3, 0.4) is 0 Å². The quantitative estimate of drug-likeness (QED) is 0.416. The normalized spacial score (nSPS) is 14.6. The molecule has 1 aliphatic rings. The monoisotopic (exact) mass is 116 g/mol. The van der Waals surface area contributed by atoms with Crippen LogP contribution in [0.2, 0.25) is 0 Å². The molecular weight excluding hydrogens is 104 g/mol. The van der Waals surface area contributed by atoms with Gasteiger partial charge >= 0.3 is 0 Å². The van der Waals surface area contributed by atoms with Crippen LogP contribution in [0, 0.1) is 0 Å². The fourth-order valence-corrected chi connectivity index (χ4v) is 0.258. The van der Waals surface area contributed by atoms with E-state index in [2.05, 4.69) is 21.6 Å². The summed E-state index contributed by atoms with van der Waals surface area (Å²) in [6.07, 6.45) is 0. The van der Waals surface area contributed by atoms with E-state index in [1.165, 1.54) is 0 Å². The molecule has 4 nitrogen and oxygen atoms in total. The van der Waals surface area contributed by atoms with Gasteiger partial charge in [0.2, 0.25) is 0 Å². The summed E-state index contributed by atoms with van der Waals surface area (Å²) in [6, 6.07) is 0. The second-order valence-electron chi connectivity index (χ2n) is 1.06. The summed E-state index contributed by atoms with van der Waals surface area (Å²) in [4.78, 5) is 0. The highest BCUT2D eigenvalue weighted by Crippen LogP contribution is 1.66. The Morgan fingerprint density at radius 3 is 2.12 bits per heavy atom. The number of rotatable bonds is 0. The summed E-state index contributed by atoms with van der Waals surface area (Å²) >= 11 is 0. The Morgan fingerprint density at radius 2 is 2.00 bits per heavy atom. The van der Waals surface area contributed by atoms with Gasteiger partial charge in [-0.15, -0.1) is 10.6 Å². The number of amidine groups is 1. The molecule has 0 fully saturated rings. The van der Waals surface area contributed by atoms with Crippen LogP contribution in [0.4, 0.5) is 0 Å². The molecule has 0 atom stereocenters. The summed E-state index contributed by atoms with van der Waals surface area (Å²) in [5.74, 6) is 0.856. The molecule has 3 N–H and O–H groups in total. The van der Waals surface area contributed by atoms with Crippen molar-refractivity contribution in [2.24, 2.45) is 5.10 Å². The van der Waals surface area contributed by atoms with E-state index >= 15 is 0 Å². The number of nitrogens with one attached hydrogen (secondary N) is 3. The number of hydrazine groups is 2. The third-order valence-electron chi connectivity index (χ3n) is 0.523. The lowest BCUT2D eigenvalue weighted by Crippen LogP contribution is -2.33. The predicted octanol–water partition coefficient (Wildman–Crippen LogP) is -0.0416. The van der Waals surface area contributed by atoms with Gasteiger partial charge in [0.25, 0.3) is 0 Å². The molecule has 0 unspecified atom stereocenters. The van der Waals surface area contributed by atoms with Crippen LogP contribution in [-0.4, -0.2) is 5.84 Å². The molecular formula is C4H12N4. The molecule has 0 aliphatic carbocycles. The Balaban J connectivity index is 0.000000222. The molecule has 0 spiro atoms. The van der Waals surface area contributed by atoms with Crippen molar-refractivity contribution in [1.82, 2.24) is 16.5 Å². The van der Waals surface area contributed by atoms with Crippen molar-refractivity contribution in [3.63, 3.8) is 0 Å². The zero-order valence-electron chi connectivity index (χ0n) is 5.45. The molecule has 1 aliphatic heterocycles. The second kappa shape index (κ2) is 4.39. The van der Waals surface area contributed by atoms with E-state index in [1.54, 1.807) is 0 Å². The van der Waals surface area contributed by atoms with Gasteiger partial charge in [-0.05, 0) is 6.92 Å². The zero-order valence-corrected chi connectivity index (χ0v) is 5.45. The largest absolute Gasteiger partial charge is 0.289 e. The topological polar surface area (TPSA) is 48.5 Å². The summed E-state index contributed by atoms with van der Waals surface area (Å²) in [7, 11) is 0. The highest BCUT2D eigenvalue weighted by atomic mass is 15.8. The SMILES string of the molecule is CC.CC1=NNNN1. The highest BCUT2D eigenvalue weighted by molar-refractivity contribution is 5.79. The number of hydrazone groups is 1. The van der Waals surface area contributed by atoms with E-state index in [0.717, 1.165) is 5.84 Å². The standard InChI is InChI=1S/C2H6N4.C2H6/c1-2-3-5-6-4-2;1-2/h5-6H,1H3,(H,3,4);1-2H3. The molecule has 0 saturated heterocycles. The van der Waals surface area contributed by atoms with E-state index < -0.39 is 0 Å². The van der Waals surface area contributed by atoms with Crippen molar-refractivity contribution < 1.29 is 0 Å². The van der Waals surface area contributed by atoms with Crippen LogP contribution in [0.15, 0.2) is 5.10 Å². The Bertz CT molecular complexity index is 78.1. The van der Waals surface area contributed by atoms with E-state index in [4.69, 9.17) is 0 Å². The number of hydrogen-bond donors (Lipinski definition) is 3. The summed E-state index contributed by atoms with van der Waals surface area (Å²) < 4.78 is 0. The molecule has 0 amide bonds. The first kappa shape index (κ1) is 7.23. The van der Waals surface area contributed by atoms with E-state index in [9.17, 15) is 0 Å². The van der Waals surface area contributed by atoms with Crippen LogP contribution in [0.25, 0.3) is 0 Å². The van der Waals surface area contributed by atoms with Crippen LogP contribution in [0.1, 0.15) is 20.8 Å². The molecule has 0 bridgehead atoms. The lowest BCUT2D eigenvalue weighted by molar-refractivity contribution is 0.577. The maximum atomic E-state index is 3.68. The van der Waals surface area contributed by atoms with E-state index in [0.29, 0.717) is 0 Å². The Hall–Kier alpha value is -0.770. The van der Waals surface area contributed by atoms with Crippen molar-refractivity contribution in [2.75, 3.05) is 0 Å². The zero-order chi connectivity index (χ0) is 6.41. The van der Waals surface area contributed by atoms with Crippen LogP contribution in [0.5, 0.6) is 0 Å². The third-order valence-corrected chi connectivity index (χ3v) is 0.523. The predicted molar refractivity (Wildman–Crippen MR) is 33.9 cm³/mol. The molecule has 1 rings (SSSR count). The van der Waals surface area contributed by atoms with E-state index in [1.807, 2.05) is 20.8 Å². The minimum Gasteiger partial charge on any atom is -0.289 e. The molecule has 0 aromatic heterocycles. The third kappa shape index (κ3) is 2.41. The minimum atomic E-state index is 0.856. The summed E-state index contributed by atoms with van der Waals surface area (Å²) in [5, 5.41) is 3.68. The number of hydrogen-bond acceptors (Lipinski definition) is 4. The van der Waals surface area contributed by atoms with Crippen LogP contribution in [-0.2, 0) is 0 Å². The maximum Gasteiger partial charge on any atom is 0.136 e. The lowest BCUT2D eigenvalue weighted by atomic mass is 10.7. The fraction of sp³-hybridized carbons (Fsp3) is 0.750. The smallest absolute Gasteiger partial charge is 0.136 e. The van der Waals surface area contributed by atoms with Crippen LogP contribution < -0.4 is 16.5 Å². The maximum absolute atomic E-state index is 3.68. The average molecular weight is 116 g/mol. The average Bonchev–Trinajstić information content (AvgIpc) is 2.24. The van der Waals surface area contributed by atoms with Gasteiger partial charge in [0.15, 0.2) is 0 Å². The molecule has 0 aromatic carbocycles. The van der Waals surface area contributed by atoms with Gasteiger partial charge in [-0.25, -0.2) is 5.53 Å². The van der Waals surface area contributed by atoms with Gasteiger partial charge in [-0.1, -0.05) is 13.8 Å². The molecule has 1 heterocycles. The van der Waals surface area contributed by atoms with Crippen molar-refractivity contribution in [3.05, 3.63) is 0 Å². The van der Waals surface area contributed by atoms with E-state index in [-0.39, 0.29) is 0 Å². The first-order valence-corrected chi connectivity index (χ1v) is 2.70. The van der Waals surface area contributed by atoms with Gasteiger partial charge < -0.3 is 0 Å². The molecule has 0 saturated carbocycles. The van der Waals surface area contributed by atoms with Gasteiger partial charge in [0, 0.05) is 0 Å². The first-order valence-electron chi connectivity index (χ1n) is 2.70. The van der Waals surface area contributed by atoms with Gasteiger partial charge in [-0.2, -0.15) is 0 Å². The Kier molecular flexibility index (Phi) is 3.97. The minimum absolute atomic E-state index is 0.856. The summed E-state index contributed by atoms with van der Waals surface area (Å²) in [5.41, 5.74) is 7.78. The Morgan fingerprint density at radius 1 is 1.38 bits per heavy atom.